The molecule has 8 heteroatoms. The first-order chi connectivity index (χ1) is 15.7. The molecule has 0 spiro atoms. The molecule has 0 aromatic heterocycles. The van der Waals surface area contributed by atoms with Gasteiger partial charge < -0.3 is 20.4 Å². The number of aliphatic imine (C=N–C) groups is 1. The summed E-state index contributed by atoms with van der Waals surface area (Å²) >= 11 is 0. The number of nitrogens with one attached hydrogen (secondary N) is 2. The van der Waals surface area contributed by atoms with Crippen molar-refractivity contribution in [1.82, 2.24) is 20.4 Å². The molecule has 1 aliphatic carbocycles. The van der Waals surface area contributed by atoms with Crippen LogP contribution in [0, 0.1) is 5.92 Å². The fourth-order valence-electron chi connectivity index (χ4n) is 4.89. The average Bonchev–Trinajstić information content (AvgIpc) is 2.79. The lowest BCUT2D eigenvalue weighted by molar-refractivity contribution is -0.139. The predicted molar refractivity (Wildman–Crippen MR) is 147 cm³/mol. The van der Waals surface area contributed by atoms with E-state index in [-0.39, 0.29) is 24.0 Å². The molecule has 3 aliphatic rings. The maximum absolute atomic E-state index is 12.4. The molecule has 1 aromatic carbocycles. The van der Waals surface area contributed by atoms with Crippen molar-refractivity contribution in [2.75, 3.05) is 63.8 Å². The van der Waals surface area contributed by atoms with Crippen LogP contribution in [0.4, 0.5) is 5.69 Å². The molecule has 2 saturated heterocycles. The van der Waals surface area contributed by atoms with Gasteiger partial charge in [-0.05, 0) is 44.7 Å². The number of carbonyl (C=O) groups excluding carboxylic acids is 1. The summed E-state index contributed by atoms with van der Waals surface area (Å²) in [6.45, 7) is 10.5. The first kappa shape index (κ1) is 26.1. The summed E-state index contributed by atoms with van der Waals surface area (Å²) in [4.78, 5) is 24.3. The summed E-state index contributed by atoms with van der Waals surface area (Å²) in [7, 11) is 0. The minimum absolute atomic E-state index is 0. The van der Waals surface area contributed by atoms with Crippen LogP contribution in [0.25, 0.3) is 0 Å². The lowest BCUT2D eigenvalue weighted by Gasteiger charge is -2.38. The number of piperazine rings is 1. The Hall–Kier alpha value is -1.55. The van der Waals surface area contributed by atoms with Gasteiger partial charge in [-0.3, -0.25) is 14.7 Å². The third-order valence-electron chi connectivity index (χ3n) is 7.05. The molecule has 0 bridgehead atoms. The molecular formula is C25H41IN6O. The highest BCUT2D eigenvalue weighted by atomic mass is 127. The smallest absolute Gasteiger partial charge is 0.225 e. The van der Waals surface area contributed by atoms with E-state index >= 15 is 0 Å². The highest BCUT2D eigenvalue weighted by Gasteiger charge is 2.31. The van der Waals surface area contributed by atoms with E-state index in [0.717, 1.165) is 77.7 Å². The zero-order chi connectivity index (χ0) is 22.2. The summed E-state index contributed by atoms with van der Waals surface area (Å²) in [6.07, 6.45) is 5.78. The number of hydrogen-bond acceptors (Lipinski definition) is 4. The van der Waals surface area contributed by atoms with E-state index in [0.29, 0.717) is 17.9 Å². The highest BCUT2D eigenvalue weighted by Crippen LogP contribution is 2.28. The number of benzene rings is 1. The number of anilines is 1. The number of nitrogens with zero attached hydrogens (tertiary/aromatic N) is 4. The number of para-hydroxylation sites is 1. The Kier molecular flexibility index (Phi) is 10.6. The average molecular weight is 569 g/mol. The predicted octanol–water partition coefficient (Wildman–Crippen LogP) is 2.77. The number of amides is 1. The molecule has 2 N–H and O–H groups in total. The maximum Gasteiger partial charge on any atom is 0.225 e. The van der Waals surface area contributed by atoms with Crippen molar-refractivity contribution in [3.8, 4) is 0 Å². The molecule has 1 unspecified atom stereocenters. The van der Waals surface area contributed by atoms with E-state index in [1.165, 1.54) is 24.9 Å². The van der Waals surface area contributed by atoms with Gasteiger partial charge >= 0.3 is 0 Å². The van der Waals surface area contributed by atoms with Crippen LogP contribution in [0.15, 0.2) is 35.3 Å². The fraction of sp³-hybridized carbons (Fsp3) is 0.680. The summed E-state index contributed by atoms with van der Waals surface area (Å²) < 4.78 is 0. The largest absolute Gasteiger partial charge is 0.369 e. The van der Waals surface area contributed by atoms with Crippen molar-refractivity contribution < 1.29 is 4.79 Å². The second kappa shape index (κ2) is 13.4. The highest BCUT2D eigenvalue weighted by molar-refractivity contribution is 14.0. The molecule has 3 fully saturated rings. The number of rotatable bonds is 7. The molecule has 4 rings (SSSR count). The number of guanidine groups is 1. The van der Waals surface area contributed by atoms with Crippen LogP contribution < -0.4 is 15.5 Å². The van der Waals surface area contributed by atoms with Gasteiger partial charge in [0.15, 0.2) is 5.96 Å². The molecule has 0 radical (unpaired) electrons. The zero-order valence-corrected chi connectivity index (χ0v) is 22.4. The lowest BCUT2D eigenvalue weighted by Crippen LogP contribution is -2.52. The molecule has 2 aliphatic heterocycles. The van der Waals surface area contributed by atoms with Crippen LogP contribution in [-0.2, 0) is 4.79 Å². The van der Waals surface area contributed by atoms with Crippen LogP contribution in [0.5, 0.6) is 0 Å². The van der Waals surface area contributed by atoms with Crippen LogP contribution in [0.2, 0.25) is 0 Å². The quantitative estimate of drug-likeness (QED) is 0.301. The molecule has 1 aromatic rings. The van der Waals surface area contributed by atoms with E-state index < -0.39 is 0 Å². The summed E-state index contributed by atoms with van der Waals surface area (Å²) in [5.41, 5.74) is 1.30. The van der Waals surface area contributed by atoms with Gasteiger partial charge in [0.2, 0.25) is 5.91 Å². The molecular weight excluding hydrogens is 527 g/mol. The Morgan fingerprint density at radius 1 is 1.03 bits per heavy atom. The Labute approximate surface area is 216 Å². The van der Waals surface area contributed by atoms with Gasteiger partial charge in [0.1, 0.15) is 0 Å². The van der Waals surface area contributed by atoms with E-state index in [1.54, 1.807) is 0 Å². The first-order valence-corrected chi connectivity index (χ1v) is 12.6. The minimum atomic E-state index is 0. The van der Waals surface area contributed by atoms with Gasteiger partial charge in [0.25, 0.3) is 0 Å². The van der Waals surface area contributed by atoms with Gasteiger partial charge in [-0.1, -0.05) is 24.6 Å². The maximum atomic E-state index is 12.4. The van der Waals surface area contributed by atoms with E-state index in [2.05, 4.69) is 62.6 Å². The van der Waals surface area contributed by atoms with Gasteiger partial charge in [-0.25, -0.2) is 0 Å². The summed E-state index contributed by atoms with van der Waals surface area (Å²) in [5, 5.41) is 7.09. The molecule has 1 amide bonds. The Balaban J connectivity index is 0.00000306. The molecule has 1 atom stereocenters. The Bertz CT molecular complexity index is 749. The monoisotopic (exact) mass is 568 g/mol. The summed E-state index contributed by atoms with van der Waals surface area (Å²) in [6, 6.07) is 11.1. The Morgan fingerprint density at radius 3 is 2.45 bits per heavy atom. The summed E-state index contributed by atoms with van der Waals surface area (Å²) in [5.74, 6) is 1.63. The van der Waals surface area contributed by atoms with E-state index in [9.17, 15) is 4.79 Å². The van der Waals surface area contributed by atoms with Gasteiger partial charge in [0, 0.05) is 70.0 Å². The van der Waals surface area contributed by atoms with Crippen molar-refractivity contribution in [3.63, 3.8) is 0 Å². The molecule has 184 valence electrons. The van der Waals surface area contributed by atoms with Crippen molar-refractivity contribution in [1.29, 1.82) is 0 Å². The van der Waals surface area contributed by atoms with Crippen molar-refractivity contribution in [2.24, 2.45) is 10.9 Å². The van der Waals surface area contributed by atoms with Gasteiger partial charge in [-0.2, -0.15) is 0 Å². The fourth-order valence-corrected chi connectivity index (χ4v) is 4.89. The second-order valence-corrected chi connectivity index (χ2v) is 9.32. The molecule has 2 heterocycles. The van der Waals surface area contributed by atoms with Gasteiger partial charge in [0.05, 0.1) is 6.54 Å². The van der Waals surface area contributed by atoms with Crippen LogP contribution in [0.1, 0.15) is 39.0 Å². The van der Waals surface area contributed by atoms with Gasteiger partial charge in [-0.15, -0.1) is 24.0 Å². The molecule has 7 nitrogen and oxygen atoms in total. The third kappa shape index (κ3) is 7.47. The third-order valence-corrected chi connectivity index (χ3v) is 7.05. The second-order valence-electron chi connectivity index (χ2n) is 9.32. The number of carbonyl (C=O) groups is 1. The first-order valence-electron chi connectivity index (χ1n) is 12.6. The lowest BCUT2D eigenvalue weighted by atomic mass is 9.84. The van der Waals surface area contributed by atoms with Crippen LogP contribution in [0.3, 0.4) is 0 Å². The van der Waals surface area contributed by atoms with E-state index in [4.69, 9.17) is 4.99 Å². The number of hydrogen-bond donors (Lipinski definition) is 2. The van der Waals surface area contributed by atoms with Crippen molar-refractivity contribution in [3.05, 3.63) is 30.3 Å². The minimum Gasteiger partial charge on any atom is -0.369 e. The molecule has 1 saturated carbocycles. The number of piperidine rings is 1. The number of halogens is 1. The SMILES string of the molecule is CCNC(=NCCN1CCN(C(=O)C2CCC2)CC1)NC1CCCN(c2ccccc2)C1.I. The topological polar surface area (TPSA) is 63.2 Å². The van der Waals surface area contributed by atoms with Crippen LogP contribution >= 0.6 is 24.0 Å². The van der Waals surface area contributed by atoms with Crippen molar-refractivity contribution in [2.45, 2.75) is 45.1 Å². The zero-order valence-electron chi connectivity index (χ0n) is 20.0. The Morgan fingerprint density at radius 2 is 1.79 bits per heavy atom. The standard InChI is InChI=1S/C25H40N6O.HI/c1-2-26-25(28-22-10-7-14-31(20-22)23-11-4-3-5-12-23)27-13-15-29-16-18-30(19-17-29)24(32)21-8-6-9-21;/h3-5,11-12,21-22H,2,6-10,13-20H2,1H3,(H2,26,27,28);1H. The van der Waals surface area contributed by atoms with Crippen LogP contribution in [-0.4, -0.2) is 86.6 Å². The van der Waals surface area contributed by atoms with Crippen molar-refractivity contribution >= 4 is 41.5 Å². The normalized spacial score (nSPS) is 22.3. The molecule has 33 heavy (non-hydrogen) atoms. The van der Waals surface area contributed by atoms with E-state index in [1.807, 2.05) is 0 Å².